The number of pyridine rings is 1. The van der Waals surface area contributed by atoms with Crippen molar-refractivity contribution in [3.05, 3.63) is 70.5 Å². The number of hydrogen-bond acceptors (Lipinski definition) is 5. The van der Waals surface area contributed by atoms with Gasteiger partial charge in [0.2, 0.25) is 0 Å². The number of imidazole rings is 1. The lowest BCUT2D eigenvalue weighted by molar-refractivity contribution is -0.137. The molecule has 194 valence electrons. The number of fused-ring (bicyclic) bond motifs is 1. The molecule has 0 saturated carbocycles. The van der Waals surface area contributed by atoms with E-state index in [1.165, 1.54) is 21.7 Å². The van der Waals surface area contributed by atoms with Gasteiger partial charge in [-0.2, -0.15) is 13.2 Å². The molecule has 13 heteroatoms. The van der Waals surface area contributed by atoms with Gasteiger partial charge in [-0.25, -0.2) is 18.7 Å². The van der Waals surface area contributed by atoms with Gasteiger partial charge in [-0.1, -0.05) is 6.58 Å². The molecule has 2 amide bonds. The van der Waals surface area contributed by atoms with Crippen molar-refractivity contribution in [3.8, 4) is 5.69 Å². The summed E-state index contributed by atoms with van der Waals surface area (Å²) in [5, 5.41) is 10.1. The van der Waals surface area contributed by atoms with E-state index in [1.54, 1.807) is 6.92 Å². The predicted octanol–water partition coefficient (Wildman–Crippen LogP) is 2.28. The minimum Gasteiger partial charge on any atom is -0.386 e. The van der Waals surface area contributed by atoms with Gasteiger partial charge in [0.1, 0.15) is 5.52 Å². The van der Waals surface area contributed by atoms with Crippen LogP contribution in [0.5, 0.6) is 0 Å². The Hall–Kier alpha value is -4.00. The molecular weight excluding hydrogens is 498 g/mol. The third-order valence-corrected chi connectivity index (χ3v) is 6.54. The number of likely N-dealkylation sites (tertiary alicyclic amines) is 2. The summed E-state index contributed by atoms with van der Waals surface area (Å²) < 4.78 is 54.9. The Labute approximate surface area is 206 Å². The minimum atomic E-state index is -4.57. The Morgan fingerprint density at radius 1 is 1.11 bits per heavy atom. The normalized spacial score (nSPS) is 17.5. The van der Waals surface area contributed by atoms with Gasteiger partial charge in [0, 0.05) is 19.3 Å². The van der Waals surface area contributed by atoms with Crippen LogP contribution in [0.4, 0.5) is 17.6 Å². The fourth-order valence-corrected chi connectivity index (χ4v) is 4.73. The average molecular weight is 519 g/mol. The molecule has 1 aromatic carbocycles. The number of hydrogen-bond donors (Lipinski definition) is 1. The molecule has 5 rings (SSSR count). The fourth-order valence-electron chi connectivity index (χ4n) is 4.73. The van der Waals surface area contributed by atoms with Gasteiger partial charge in [0.15, 0.2) is 11.5 Å². The predicted molar refractivity (Wildman–Crippen MR) is 123 cm³/mol. The van der Waals surface area contributed by atoms with Gasteiger partial charge >= 0.3 is 11.9 Å². The molecule has 9 nitrogen and oxygen atoms in total. The van der Waals surface area contributed by atoms with E-state index < -0.39 is 46.7 Å². The zero-order valence-electron chi connectivity index (χ0n) is 19.5. The Morgan fingerprint density at radius 3 is 2.27 bits per heavy atom. The van der Waals surface area contributed by atoms with Crippen molar-refractivity contribution in [2.24, 2.45) is 0 Å². The van der Waals surface area contributed by atoms with Crippen molar-refractivity contribution in [1.82, 2.24) is 23.9 Å². The topological polar surface area (TPSA) is 101 Å². The van der Waals surface area contributed by atoms with E-state index >= 15 is 0 Å². The second kappa shape index (κ2) is 8.26. The molecular formula is C24H21F4N5O4. The summed E-state index contributed by atoms with van der Waals surface area (Å²) in [5.41, 5.74) is -2.28. The van der Waals surface area contributed by atoms with E-state index in [-0.39, 0.29) is 48.6 Å². The van der Waals surface area contributed by atoms with Gasteiger partial charge in [-0.05, 0) is 37.3 Å². The number of benzene rings is 1. The first-order valence-electron chi connectivity index (χ1n) is 11.2. The number of rotatable bonds is 4. The van der Waals surface area contributed by atoms with Crippen LogP contribution in [0.3, 0.4) is 0 Å². The standard InChI is InChI=1S/C24H21F4N5O4/c1-13(25)20(34)30-9-16(10-30)32-18-17(21(35)31-11-23(2,37)12-31)7-8-29-19(18)33(22(32)36)15-5-3-14(4-6-15)24(26,27)28/h3-8,16,37H,1,9-12H2,2H3. The fraction of sp³-hybridized carbons (Fsp3) is 0.333. The summed E-state index contributed by atoms with van der Waals surface area (Å²) in [4.78, 5) is 45.7. The highest BCUT2D eigenvalue weighted by Crippen LogP contribution is 2.32. The maximum Gasteiger partial charge on any atom is 0.416 e. The third kappa shape index (κ3) is 4.08. The highest BCUT2D eigenvalue weighted by molar-refractivity contribution is 6.05. The first-order chi connectivity index (χ1) is 17.3. The zero-order chi connectivity index (χ0) is 26.9. The van der Waals surface area contributed by atoms with Gasteiger partial charge in [0.05, 0.1) is 41.5 Å². The first-order valence-corrected chi connectivity index (χ1v) is 11.2. The van der Waals surface area contributed by atoms with E-state index in [2.05, 4.69) is 11.6 Å². The number of alkyl halides is 3. The summed E-state index contributed by atoms with van der Waals surface area (Å²) in [6.45, 7) is 4.62. The molecule has 2 aromatic heterocycles. The zero-order valence-corrected chi connectivity index (χ0v) is 19.5. The quantitative estimate of drug-likeness (QED) is 0.421. The van der Waals surface area contributed by atoms with Crippen LogP contribution in [0.15, 0.2) is 53.7 Å². The molecule has 0 aliphatic carbocycles. The first kappa shape index (κ1) is 24.7. The SMILES string of the molecule is C=C(F)C(=O)N1CC(n2c(=O)n(-c3ccc(C(F)(F)F)cc3)c3nccc(C(=O)N4CC(C)(O)C4)c32)C1. The molecule has 0 unspecified atom stereocenters. The van der Waals surface area contributed by atoms with Gasteiger partial charge in [-0.15, -0.1) is 0 Å². The Morgan fingerprint density at radius 2 is 1.73 bits per heavy atom. The number of carbonyl (C=O) groups excluding carboxylic acids is 2. The van der Waals surface area contributed by atoms with Crippen molar-refractivity contribution >= 4 is 23.0 Å². The number of amides is 2. The van der Waals surface area contributed by atoms with E-state index in [0.29, 0.717) is 0 Å². The number of aromatic nitrogens is 3. The Bertz CT molecular complexity index is 1490. The van der Waals surface area contributed by atoms with Crippen LogP contribution in [-0.4, -0.2) is 72.6 Å². The third-order valence-electron chi connectivity index (χ3n) is 6.54. The van der Waals surface area contributed by atoms with Crippen LogP contribution < -0.4 is 5.69 Å². The van der Waals surface area contributed by atoms with Crippen LogP contribution in [0.1, 0.15) is 28.9 Å². The molecule has 37 heavy (non-hydrogen) atoms. The number of nitrogens with zero attached hydrogens (tertiary/aromatic N) is 5. The summed E-state index contributed by atoms with van der Waals surface area (Å²) in [5.74, 6) is -2.55. The number of carbonyl (C=O) groups is 2. The van der Waals surface area contributed by atoms with Crippen LogP contribution >= 0.6 is 0 Å². The van der Waals surface area contributed by atoms with E-state index in [1.807, 2.05) is 0 Å². The number of β-amino-alcohol motifs (C(OH)–C–C–N with tert-alkyl or cyclic N) is 1. The molecule has 1 N–H and O–H groups in total. The van der Waals surface area contributed by atoms with Crippen molar-refractivity contribution < 1.29 is 32.3 Å². The van der Waals surface area contributed by atoms with Crippen LogP contribution in [0, 0.1) is 0 Å². The molecule has 0 bridgehead atoms. The van der Waals surface area contributed by atoms with Crippen molar-refractivity contribution in [1.29, 1.82) is 0 Å². The maximum absolute atomic E-state index is 13.7. The van der Waals surface area contributed by atoms with Crippen LogP contribution in [0.2, 0.25) is 0 Å². The molecule has 0 spiro atoms. The largest absolute Gasteiger partial charge is 0.416 e. The summed E-state index contributed by atoms with van der Waals surface area (Å²) in [6, 6.07) is 4.68. The van der Waals surface area contributed by atoms with Crippen molar-refractivity contribution in [3.63, 3.8) is 0 Å². The molecule has 2 aliphatic heterocycles. The molecule has 2 saturated heterocycles. The summed E-state index contributed by atoms with van der Waals surface area (Å²) in [7, 11) is 0. The highest BCUT2D eigenvalue weighted by atomic mass is 19.4. The summed E-state index contributed by atoms with van der Waals surface area (Å²) in [6.07, 6.45) is -3.27. The molecule has 4 heterocycles. The second-order valence-corrected chi connectivity index (χ2v) is 9.49. The van der Waals surface area contributed by atoms with Crippen LogP contribution in [0.25, 0.3) is 16.9 Å². The molecule has 2 fully saturated rings. The van der Waals surface area contributed by atoms with Gasteiger partial charge < -0.3 is 14.9 Å². The van der Waals surface area contributed by atoms with E-state index in [9.17, 15) is 37.1 Å². The molecule has 0 atom stereocenters. The average Bonchev–Trinajstić information content (AvgIpc) is 3.07. The lowest BCUT2D eigenvalue weighted by Gasteiger charge is -2.44. The Kier molecular flexibility index (Phi) is 5.51. The maximum atomic E-state index is 13.7. The van der Waals surface area contributed by atoms with Crippen LogP contribution in [-0.2, 0) is 11.0 Å². The van der Waals surface area contributed by atoms with Crippen molar-refractivity contribution in [2.75, 3.05) is 26.2 Å². The molecule has 0 radical (unpaired) electrons. The number of halogens is 4. The van der Waals surface area contributed by atoms with Gasteiger partial charge in [-0.3, -0.25) is 14.2 Å². The van der Waals surface area contributed by atoms with Crippen molar-refractivity contribution in [2.45, 2.75) is 24.7 Å². The molecule has 3 aromatic rings. The lowest BCUT2D eigenvalue weighted by atomic mass is 9.96. The highest BCUT2D eigenvalue weighted by Gasteiger charge is 2.42. The molecule has 2 aliphatic rings. The summed E-state index contributed by atoms with van der Waals surface area (Å²) >= 11 is 0. The monoisotopic (exact) mass is 519 g/mol. The van der Waals surface area contributed by atoms with E-state index in [4.69, 9.17) is 0 Å². The minimum absolute atomic E-state index is 0.0302. The lowest BCUT2D eigenvalue weighted by Crippen LogP contribution is -2.61. The Balaban J connectivity index is 1.64. The second-order valence-electron chi connectivity index (χ2n) is 9.49. The number of aliphatic hydroxyl groups is 1. The van der Waals surface area contributed by atoms with Gasteiger partial charge in [0.25, 0.3) is 11.8 Å². The smallest absolute Gasteiger partial charge is 0.386 e. The van der Waals surface area contributed by atoms with E-state index in [0.717, 1.165) is 33.7 Å².